The van der Waals surface area contributed by atoms with Gasteiger partial charge in [0, 0.05) is 5.02 Å². The van der Waals surface area contributed by atoms with E-state index >= 15 is 0 Å². The molecule has 0 saturated heterocycles. The Bertz CT molecular complexity index is 938. The number of nitrogens with one attached hydrogen (secondary N) is 1. The lowest BCUT2D eigenvalue weighted by molar-refractivity contribution is -0.123. The third-order valence-corrected chi connectivity index (χ3v) is 3.91. The van der Waals surface area contributed by atoms with Crippen molar-refractivity contribution in [2.45, 2.75) is 6.92 Å². The van der Waals surface area contributed by atoms with Crippen molar-refractivity contribution in [3.8, 4) is 5.75 Å². The summed E-state index contributed by atoms with van der Waals surface area (Å²) in [6, 6.07) is 19.3. The first kappa shape index (κ1) is 17.0. The molecule has 0 atom stereocenters. The highest BCUT2D eigenvalue weighted by molar-refractivity contribution is 6.30. The second-order valence-corrected chi connectivity index (χ2v) is 6.03. The molecule has 0 fully saturated rings. The number of hydrazone groups is 1. The standard InChI is InChI=1S/C20H17ClN2O2/c1-14-10-18(21)8-9-19(14)25-13-20(24)23-22-12-15-6-7-16-4-2-3-5-17(16)11-15/h2-12H,13H2,1H3,(H,23,24). The van der Waals surface area contributed by atoms with Gasteiger partial charge in [-0.2, -0.15) is 5.10 Å². The summed E-state index contributed by atoms with van der Waals surface area (Å²) in [7, 11) is 0. The number of amides is 1. The van der Waals surface area contributed by atoms with Crippen LogP contribution in [0.5, 0.6) is 5.75 Å². The maximum Gasteiger partial charge on any atom is 0.277 e. The summed E-state index contributed by atoms with van der Waals surface area (Å²) in [5.41, 5.74) is 4.25. The molecule has 3 rings (SSSR count). The van der Waals surface area contributed by atoms with Gasteiger partial charge < -0.3 is 4.74 Å². The van der Waals surface area contributed by atoms with Crippen molar-refractivity contribution < 1.29 is 9.53 Å². The van der Waals surface area contributed by atoms with Crippen LogP contribution in [-0.2, 0) is 4.79 Å². The number of hydrogen-bond acceptors (Lipinski definition) is 3. The molecule has 0 saturated carbocycles. The number of halogens is 1. The first-order chi connectivity index (χ1) is 12.1. The lowest BCUT2D eigenvalue weighted by Crippen LogP contribution is -2.24. The highest BCUT2D eigenvalue weighted by Gasteiger charge is 2.04. The molecule has 0 bridgehead atoms. The summed E-state index contributed by atoms with van der Waals surface area (Å²) in [4.78, 5) is 11.8. The molecule has 0 aromatic heterocycles. The van der Waals surface area contributed by atoms with Gasteiger partial charge in [0.25, 0.3) is 5.91 Å². The molecule has 5 heteroatoms. The number of aryl methyl sites for hydroxylation is 1. The SMILES string of the molecule is Cc1cc(Cl)ccc1OCC(=O)NN=Cc1ccc2ccccc2c1. The number of ether oxygens (including phenoxy) is 1. The van der Waals surface area contributed by atoms with Crippen LogP contribution in [0.15, 0.2) is 65.8 Å². The number of rotatable bonds is 5. The number of nitrogens with zero attached hydrogens (tertiary/aromatic N) is 1. The number of carbonyl (C=O) groups excluding carboxylic acids is 1. The van der Waals surface area contributed by atoms with Crippen LogP contribution in [0.2, 0.25) is 5.02 Å². The molecule has 4 nitrogen and oxygen atoms in total. The van der Waals surface area contributed by atoms with Crippen LogP contribution in [-0.4, -0.2) is 18.7 Å². The Morgan fingerprint density at radius 2 is 1.92 bits per heavy atom. The van der Waals surface area contributed by atoms with Gasteiger partial charge in [0.2, 0.25) is 0 Å². The Balaban J connectivity index is 1.54. The largest absolute Gasteiger partial charge is 0.483 e. The van der Waals surface area contributed by atoms with Crippen molar-refractivity contribution in [2.75, 3.05) is 6.61 Å². The van der Waals surface area contributed by atoms with Crippen molar-refractivity contribution in [1.82, 2.24) is 5.43 Å². The minimum atomic E-state index is -0.327. The van der Waals surface area contributed by atoms with E-state index < -0.39 is 0 Å². The highest BCUT2D eigenvalue weighted by Crippen LogP contribution is 2.21. The minimum Gasteiger partial charge on any atom is -0.483 e. The minimum absolute atomic E-state index is 0.114. The van der Waals surface area contributed by atoms with Crippen molar-refractivity contribution >= 4 is 34.5 Å². The Morgan fingerprint density at radius 1 is 1.12 bits per heavy atom. The number of benzene rings is 3. The molecule has 25 heavy (non-hydrogen) atoms. The summed E-state index contributed by atoms with van der Waals surface area (Å²) in [6.07, 6.45) is 1.61. The molecular formula is C20H17ClN2O2. The van der Waals surface area contributed by atoms with Gasteiger partial charge in [0.05, 0.1) is 6.21 Å². The van der Waals surface area contributed by atoms with E-state index in [4.69, 9.17) is 16.3 Å². The zero-order valence-corrected chi connectivity index (χ0v) is 14.5. The topological polar surface area (TPSA) is 50.7 Å². The summed E-state index contributed by atoms with van der Waals surface area (Å²) >= 11 is 5.89. The molecule has 1 amide bonds. The first-order valence-electron chi connectivity index (χ1n) is 7.81. The number of fused-ring (bicyclic) bond motifs is 1. The van der Waals surface area contributed by atoms with Gasteiger partial charge in [0.15, 0.2) is 6.61 Å². The van der Waals surface area contributed by atoms with Crippen molar-refractivity contribution in [3.05, 3.63) is 76.8 Å². The van der Waals surface area contributed by atoms with E-state index in [-0.39, 0.29) is 12.5 Å². The molecule has 0 aliphatic rings. The normalized spacial score (nSPS) is 11.0. The van der Waals surface area contributed by atoms with Gasteiger partial charge in [-0.3, -0.25) is 4.79 Å². The van der Waals surface area contributed by atoms with Crippen molar-refractivity contribution in [1.29, 1.82) is 0 Å². The second-order valence-electron chi connectivity index (χ2n) is 5.60. The number of hydrogen-bond donors (Lipinski definition) is 1. The molecule has 0 spiro atoms. The molecule has 0 unspecified atom stereocenters. The maximum absolute atomic E-state index is 11.8. The fraction of sp³-hybridized carbons (Fsp3) is 0.100. The molecule has 1 N–H and O–H groups in total. The van der Waals surface area contributed by atoms with E-state index in [1.54, 1.807) is 24.4 Å². The Hall–Kier alpha value is -2.85. The van der Waals surface area contributed by atoms with Crippen LogP contribution >= 0.6 is 11.6 Å². The molecule has 0 aliphatic carbocycles. The predicted molar refractivity (Wildman–Crippen MR) is 101 cm³/mol. The van der Waals surface area contributed by atoms with E-state index in [1.165, 1.54) is 0 Å². The van der Waals surface area contributed by atoms with Crippen LogP contribution in [0.25, 0.3) is 10.8 Å². The smallest absolute Gasteiger partial charge is 0.277 e. The molecular weight excluding hydrogens is 336 g/mol. The van der Waals surface area contributed by atoms with Crippen LogP contribution < -0.4 is 10.2 Å². The zero-order valence-electron chi connectivity index (χ0n) is 13.7. The van der Waals surface area contributed by atoms with Gasteiger partial charge >= 0.3 is 0 Å². The monoisotopic (exact) mass is 352 g/mol. The molecule has 126 valence electrons. The van der Waals surface area contributed by atoms with Gasteiger partial charge in [0.1, 0.15) is 5.75 Å². The van der Waals surface area contributed by atoms with Gasteiger partial charge in [-0.1, -0.05) is 48.0 Å². The van der Waals surface area contributed by atoms with Gasteiger partial charge in [-0.05, 0) is 53.1 Å². The second kappa shape index (κ2) is 7.81. The maximum atomic E-state index is 11.8. The molecule has 3 aromatic rings. The third-order valence-electron chi connectivity index (χ3n) is 3.67. The van der Waals surface area contributed by atoms with Crippen molar-refractivity contribution in [3.63, 3.8) is 0 Å². The summed E-state index contributed by atoms with van der Waals surface area (Å²) in [6.45, 7) is 1.76. The number of carbonyl (C=O) groups is 1. The molecule has 0 radical (unpaired) electrons. The Labute approximate surface area is 151 Å². The van der Waals surface area contributed by atoms with Gasteiger partial charge in [-0.25, -0.2) is 5.43 Å². The van der Waals surface area contributed by atoms with Crippen LogP contribution in [0.3, 0.4) is 0 Å². The van der Waals surface area contributed by atoms with Crippen LogP contribution in [0.1, 0.15) is 11.1 Å². The fourth-order valence-electron chi connectivity index (χ4n) is 2.42. The van der Waals surface area contributed by atoms with Crippen LogP contribution in [0.4, 0.5) is 0 Å². The zero-order chi connectivity index (χ0) is 17.6. The molecule has 0 heterocycles. The Kier molecular flexibility index (Phi) is 5.31. The predicted octanol–water partition coefficient (Wildman–Crippen LogP) is 4.33. The fourth-order valence-corrected chi connectivity index (χ4v) is 2.64. The van der Waals surface area contributed by atoms with Gasteiger partial charge in [-0.15, -0.1) is 0 Å². The average Bonchev–Trinajstić information content (AvgIpc) is 2.61. The van der Waals surface area contributed by atoms with Crippen LogP contribution in [0, 0.1) is 6.92 Å². The first-order valence-corrected chi connectivity index (χ1v) is 8.19. The van der Waals surface area contributed by atoms with E-state index in [2.05, 4.69) is 10.5 Å². The van der Waals surface area contributed by atoms with Crippen molar-refractivity contribution in [2.24, 2.45) is 5.10 Å². The Morgan fingerprint density at radius 3 is 2.72 bits per heavy atom. The lowest BCUT2D eigenvalue weighted by Gasteiger charge is -2.08. The average molecular weight is 353 g/mol. The molecule has 3 aromatic carbocycles. The lowest BCUT2D eigenvalue weighted by atomic mass is 10.1. The van der Waals surface area contributed by atoms with E-state index in [0.29, 0.717) is 10.8 Å². The third kappa shape index (κ3) is 4.58. The molecule has 0 aliphatic heterocycles. The summed E-state index contributed by atoms with van der Waals surface area (Å²) in [5, 5.41) is 6.89. The van der Waals surface area contributed by atoms with E-state index in [0.717, 1.165) is 21.9 Å². The van der Waals surface area contributed by atoms with E-state index in [9.17, 15) is 4.79 Å². The highest BCUT2D eigenvalue weighted by atomic mass is 35.5. The summed E-state index contributed by atoms with van der Waals surface area (Å²) in [5.74, 6) is 0.296. The summed E-state index contributed by atoms with van der Waals surface area (Å²) < 4.78 is 5.47. The quantitative estimate of drug-likeness (QED) is 0.549. The van der Waals surface area contributed by atoms with E-state index in [1.807, 2.05) is 49.4 Å².